The molecule has 7 nitrogen and oxygen atoms in total. The van der Waals surface area contributed by atoms with Crippen LogP contribution in [0.5, 0.6) is 0 Å². The number of anilines is 2. The molecule has 1 saturated carbocycles. The lowest BCUT2D eigenvalue weighted by Crippen LogP contribution is -2.39. The predicted molar refractivity (Wildman–Crippen MR) is 109 cm³/mol. The molecule has 0 atom stereocenters. The fourth-order valence-corrected chi connectivity index (χ4v) is 4.15. The maximum atomic E-state index is 12.7. The number of nitrogens with one attached hydrogen (secondary N) is 1. The van der Waals surface area contributed by atoms with Crippen LogP contribution in [0.15, 0.2) is 24.3 Å². The molecule has 0 bridgehead atoms. The molecular formula is C21H28N4O3. The molecule has 7 heteroatoms. The Labute approximate surface area is 165 Å². The van der Waals surface area contributed by atoms with Crippen molar-refractivity contribution in [3.8, 4) is 0 Å². The van der Waals surface area contributed by atoms with Crippen molar-refractivity contribution in [3.05, 3.63) is 24.3 Å². The highest BCUT2D eigenvalue weighted by molar-refractivity contribution is 5.81. The molecule has 2 aromatic rings. The normalized spacial score (nSPS) is 19.0. The van der Waals surface area contributed by atoms with Gasteiger partial charge in [-0.1, -0.05) is 25.0 Å². The van der Waals surface area contributed by atoms with E-state index in [0.717, 1.165) is 61.4 Å². The van der Waals surface area contributed by atoms with Crippen molar-refractivity contribution in [3.63, 3.8) is 0 Å². The third kappa shape index (κ3) is 3.76. The molecular weight excluding hydrogens is 356 g/mol. The van der Waals surface area contributed by atoms with Crippen molar-refractivity contribution in [2.45, 2.75) is 32.6 Å². The Kier molecular flexibility index (Phi) is 5.62. The fraction of sp³-hybridized carbons (Fsp3) is 0.571. The molecule has 150 valence electrons. The number of carbonyl (C=O) groups excluding carboxylic acids is 1. The van der Waals surface area contributed by atoms with E-state index in [0.29, 0.717) is 26.4 Å². The molecule has 1 saturated heterocycles. The number of rotatable bonds is 6. The number of hydrogen-bond donors (Lipinski definition) is 1. The van der Waals surface area contributed by atoms with Gasteiger partial charge < -0.3 is 19.7 Å². The van der Waals surface area contributed by atoms with Crippen molar-refractivity contribution in [2.75, 3.05) is 49.7 Å². The molecule has 2 aliphatic rings. The first-order chi connectivity index (χ1) is 13.7. The van der Waals surface area contributed by atoms with E-state index in [-0.39, 0.29) is 5.97 Å². The number of aromatic nitrogens is 2. The summed E-state index contributed by atoms with van der Waals surface area (Å²) in [6.45, 7) is 5.72. The molecule has 0 spiro atoms. The first-order valence-corrected chi connectivity index (χ1v) is 10.2. The first kappa shape index (κ1) is 18.9. The van der Waals surface area contributed by atoms with Gasteiger partial charge in [-0.05, 0) is 31.9 Å². The monoisotopic (exact) mass is 384 g/mol. The van der Waals surface area contributed by atoms with Crippen LogP contribution in [0, 0.1) is 5.41 Å². The summed E-state index contributed by atoms with van der Waals surface area (Å²) in [4.78, 5) is 24.6. The Hall–Kier alpha value is -2.41. The number of morpholine rings is 1. The minimum Gasteiger partial charge on any atom is -0.466 e. The molecule has 1 aromatic heterocycles. The molecule has 1 N–H and O–H groups in total. The highest BCUT2D eigenvalue weighted by Crippen LogP contribution is 2.40. The van der Waals surface area contributed by atoms with Crippen molar-refractivity contribution in [2.24, 2.45) is 5.41 Å². The van der Waals surface area contributed by atoms with Gasteiger partial charge in [-0.2, -0.15) is 0 Å². The zero-order chi connectivity index (χ0) is 19.4. The van der Waals surface area contributed by atoms with Gasteiger partial charge in [-0.25, -0.2) is 9.97 Å². The number of benzene rings is 1. The maximum absolute atomic E-state index is 12.7. The summed E-state index contributed by atoms with van der Waals surface area (Å²) in [6, 6.07) is 7.88. The molecule has 28 heavy (non-hydrogen) atoms. The summed E-state index contributed by atoms with van der Waals surface area (Å²) in [5.41, 5.74) is 1.25. The van der Waals surface area contributed by atoms with E-state index in [4.69, 9.17) is 19.4 Å². The number of esters is 1. The lowest BCUT2D eigenvalue weighted by Gasteiger charge is -2.31. The predicted octanol–water partition coefficient (Wildman–Crippen LogP) is 3.00. The van der Waals surface area contributed by atoms with Crippen LogP contribution in [-0.2, 0) is 14.3 Å². The van der Waals surface area contributed by atoms with Gasteiger partial charge in [0.25, 0.3) is 0 Å². The van der Waals surface area contributed by atoms with Crippen molar-refractivity contribution in [1.82, 2.24) is 9.97 Å². The molecule has 4 rings (SSSR count). The first-order valence-electron chi connectivity index (χ1n) is 10.2. The lowest BCUT2D eigenvalue weighted by molar-refractivity contribution is -0.154. The summed E-state index contributed by atoms with van der Waals surface area (Å²) in [5.74, 6) is 1.47. The topological polar surface area (TPSA) is 76.6 Å². The fourth-order valence-electron chi connectivity index (χ4n) is 4.15. The Balaban J connectivity index is 1.63. The van der Waals surface area contributed by atoms with Gasteiger partial charge in [-0.3, -0.25) is 4.79 Å². The number of para-hydroxylation sites is 2. The average Bonchev–Trinajstić information content (AvgIpc) is 3.23. The summed E-state index contributed by atoms with van der Waals surface area (Å²) < 4.78 is 10.9. The largest absolute Gasteiger partial charge is 0.466 e. The molecule has 2 heterocycles. The molecule has 0 amide bonds. The van der Waals surface area contributed by atoms with Crippen molar-refractivity contribution in [1.29, 1.82) is 0 Å². The Morgan fingerprint density at radius 3 is 2.54 bits per heavy atom. The van der Waals surface area contributed by atoms with Crippen LogP contribution < -0.4 is 10.2 Å². The highest BCUT2D eigenvalue weighted by Gasteiger charge is 2.42. The minimum atomic E-state index is -0.467. The van der Waals surface area contributed by atoms with Crippen LogP contribution in [0.4, 0.5) is 11.6 Å². The summed E-state index contributed by atoms with van der Waals surface area (Å²) in [5, 5.41) is 3.47. The second-order valence-electron chi connectivity index (χ2n) is 7.55. The van der Waals surface area contributed by atoms with E-state index >= 15 is 0 Å². The van der Waals surface area contributed by atoms with Gasteiger partial charge in [0.2, 0.25) is 0 Å². The van der Waals surface area contributed by atoms with Crippen LogP contribution >= 0.6 is 0 Å². The van der Waals surface area contributed by atoms with E-state index < -0.39 is 5.41 Å². The SMILES string of the molecule is CCOC(=O)C1(CNc2nc3ccccc3nc2N2CCOCC2)CCCC1. The number of fused-ring (bicyclic) bond motifs is 1. The van der Waals surface area contributed by atoms with Crippen molar-refractivity contribution >= 4 is 28.6 Å². The number of carbonyl (C=O) groups is 1. The van der Waals surface area contributed by atoms with Crippen LogP contribution in [-0.4, -0.2) is 55.4 Å². The van der Waals surface area contributed by atoms with Crippen LogP contribution in [0.1, 0.15) is 32.6 Å². The molecule has 2 fully saturated rings. The standard InChI is InChI=1S/C21H28N4O3/c1-2-28-20(26)21(9-5-6-10-21)15-22-18-19(25-11-13-27-14-12-25)24-17-8-4-3-7-16(17)23-18/h3-4,7-8H,2,5-6,9-15H2,1H3,(H,22,23). The average molecular weight is 384 g/mol. The second-order valence-corrected chi connectivity index (χ2v) is 7.55. The number of nitrogens with zero attached hydrogens (tertiary/aromatic N) is 3. The van der Waals surface area contributed by atoms with Gasteiger partial charge in [0.1, 0.15) is 0 Å². The molecule has 0 unspecified atom stereocenters. The highest BCUT2D eigenvalue weighted by atomic mass is 16.5. The summed E-state index contributed by atoms with van der Waals surface area (Å²) in [7, 11) is 0. The second kappa shape index (κ2) is 8.31. The smallest absolute Gasteiger partial charge is 0.313 e. The minimum absolute atomic E-state index is 0.0957. The number of hydrogen-bond acceptors (Lipinski definition) is 7. The summed E-state index contributed by atoms with van der Waals surface area (Å²) in [6.07, 6.45) is 3.82. The quantitative estimate of drug-likeness (QED) is 0.767. The van der Waals surface area contributed by atoms with E-state index in [2.05, 4.69) is 10.2 Å². The maximum Gasteiger partial charge on any atom is 0.313 e. The molecule has 1 aliphatic heterocycles. The van der Waals surface area contributed by atoms with Gasteiger partial charge in [0.15, 0.2) is 11.6 Å². The molecule has 1 aliphatic carbocycles. The molecule has 0 radical (unpaired) electrons. The summed E-state index contributed by atoms with van der Waals surface area (Å²) >= 11 is 0. The Morgan fingerprint density at radius 1 is 1.18 bits per heavy atom. The van der Waals surface area contributed by atoms with Gasteiger partial charge >= 0.3 is 5.97 Å². The Morgan fingerprint density at radius 2 is 1.86 bits per heavy atom. The third-order valence-electron chi connectivity index (χ3n) is 5.73. The van der Waals surface area contributed by atoms with Gasteiger partial charge in [-0.15, -0.1) is 0 Å². The van der Waals surface area contributed by atoms with E-state index in [1.54, 1.807) is 0 Å². The third-order valence-corrected chi connectivity index (χ3v) is 5.73. The zero-order valence-electron chi connectivity index (χ0n) is 16.4. The zero-order valence-corrected chi connectivity index (χ0v) is 16.4. The van der Waals surface area contributed by atoms with Crippen molar-refractivity contribution < 1.29 is 14.3 Å². The van der Waals surface area contributed by atoms with E-state index in [1.807, 2.05) is 31.2 Å². The van der Waals surface area contributed by atoms with Crippen LogP contribution in [0.25, 0.3) is 11.0 Å². The molecule has 1 aromatic carbocycles. The van der Waals surface area contributed by atoms with Gasteiger partial charge in [0.05, 0.1) is 36.3 Å². The van der Waals surface area contributed by atoms with Crippen LogP contribution in [0.2, 0.25) is 0 Å². The van der Waals surface area contributed by atoms with Gasteiger partial charge in [0, 0.05) is 19.6 Å². The van der Waals surface area contributed by atoms with E-state index in [1.165, 1.54) is 0 Å². The Bertz CT molecular complexity index is 830. The lowest BCUT2D eigenvalue weighted by atomic mass is 9.86. The van der Waals surface area contributed by atoms with E-state index in [9.17, 15) is 4.79 Å². The van der Waals surface area contributed by atoms with Crippen LogP contribution in [0.3, 0.4) is 0 Å². The number of ether oxygens (including phenoxy) is 2.